The number of halogens is 3. The molecule has 1 amide bonds. The van der Waals surface area contributed by atoms with E-state index in [2.05, 4.69) is 5.32 Å². The molecule has 5 nitrogen and oxygen atoms in total. The van der Waals surface area contributed by atoms with Crippen LogP contribution in [0.25, 0.3) is 0 Å². The highest BCUT2D eigenvalue weighted by molar-refractivity contribution is 6.32. The van der Waals surface area contributed by atoms with Gasteiger partial charge in [0, 0.05) is 37.0 Å². The Kier molecular flexibility index (Phi) is 4.78. The minimum Gasteiger partial charge on any atom is -0.454 e. The van der Waals surface area contributed by atoms with Crippen molar-refractivity contribution in [1.29, 1.82) is 0 Å². The molecule has 4 rings (SSSR count). The van der Waals surface area contributed by atoms with Crippen molar-refractivity contribution in [2.75, 3.05) is 31.3 Å². The highest BCUT2D eigenvalue weighted by atomic mass is 35.5. The number of anilines is 1. The van der Waals surface area contributed by atoms with Gasteiger partial charge < -0.3 is 19.7 Å². The molecule has 0 radical (unpaired) electrons. The first-order valence-electron chi connectivity index (χ1n) is 8.58. The van der Waals surface area contributed by atoms with E-state index in [9.17, 15) is 13.6 Å². The van der Waals surface area contributed by atoms with Crippen molar-refractivity contribution in [1.82, 2.24) is 5.32 Å². The zero-order valence-electron chi connectivity index (χ0n) is 14.3. The molecule has 0 aliphatic carbocycles. The largest absolute Gasteiger partial charge is 0.454 e. The zero-order valence-corrected chi connectivity index (χ0v) is 15.1. The van der Waals surface area contributed by atoms with Crippen LogP contribution < -0.4 is 19.7 Å². The van der Waals surface area contributed by atoms with E-state index in [0.29, 0.717) is 40.9 Å². The number of carbonyl (C=O) groups excluding carboxylic acids is 1. The van der Waals surface area contributed by atoms with Crippen LogP contribution >= 0.6 is 11.6 Å². The second-order valence-corrected chi connectivity index (χ2v) is 7.01. The Hall–Kier alpha value is -2.54. The van der Waals surface area contributed by atoms with Gasteiger partial charge in [-0.15, -0.1) is 0 Å². The summed E-state index contributed by atoms with van der Waals surface area (Å²) >= 11 is 6.11. The zero-order chi connectivity index (χ0) is 19.0. The summed E-state index contributed by atoms with van der Waals surface area (Å²) in [4.78, 5) is 14.4. The summed E-state index contributed by atoms with van der Waals surface area (Å²) in [5.74, 6) is -0.842. The van der Waals surface area contributed by atoms with Crippen molar-refractivity contribution in [3.8, 4) is 11.5 Å². The Morgan fingerprint density at radius 3 is 2.89 bits per heavy atom. The molecule has 142 valence electrons. The topological polar surface area (TPSA) is 50.8 Å². The molecule has 1 fully saturated rings. The normalized spacial score (nSPS) is 18.0. The van der Waals surface area contributed by atoms with Crippen molar-refractivity contribution < 1.29 is 23.0 Å². The van der Waals surface area contributed by atoms with Crippen LogP contribution in [0.5, 0.6) is 11.5 Å². The highest BCUT2D eigenvalue weighted by Crippen LogP contribution is 2.39. The van der Waals surface area contributed by atoms with Gasteiger partial charge in [-0.1, -0.05) is 11.6 Å². The van der Waals surface area contributed by atoms with E-state index in [1.54, 1.807) is 18.2 Å². The lowest BCUT2D eigenvalue weighted by atomic mass is 10.1. The van der Waals surface area contributed by atoms with Crippen molar-refractivity contribution >= 4 is 23.2 Å². The molecule has 2 aromatic rings. The van der Waals surface area contributed by atoms with Gasteiger partial charge in [0.25, 0.3) is 5.91 Å². The van der Waals surface area contributed by atoms with Crippen LogP contribution in [0.4, 0.5) is 14.5 Å². The van der Waals surface area contributed by atoms with E-state index < -0.39 is 11.6 Å². The van der Waals surface area contributed by atoms with Gasteiger partial charge in [-0.2, -0.15) is 0 Å². The molecule has 0 spiro atoms. The first kappa shape index (κ1) is 17.9. The third-order valence-electron chi connectivity index (χ3n) is 4.79. The SMILES string of the molecule is O=C(NCC1CCN(c2ccc(F)c(F)c2)C1)c1cc(Cl)c2c(c1)OCO2. The Labute approximate surface area is 159 Å². The number of carbonyl (C=O) groups is 1. The van der Waals surface area contributed by atoms with Crippen LogP contribution in [0.1, 0.15) is 16.8 Å². The summed E-state index contributed by atoms with van der Waals surface area (Å²) in [5.41, 5.74) is 1.05. The quantitative estimate of drug-likeness (QED) is 0.860. The van der Waals surface area contributed by atoms with E-state index in [0.717, 1.165) is 19.0 Å². The molecular weight excluding hydrogens is 378 g/mol. The van der Waals surface area contributed by atoms with Crippen LogP contribution in [-0.4, -0.2) is 32.3 Å². The lowest BCUT2D eigenvalue weighted by Gasteiger charge is -2.19. The molecule has 2 heterocycles. The lowest BCUT2D eigenvalue weighted by molar-refractivity contribution is 0.0948. The minimum absolute atomic E-state index is 0.0853. The van der Waals surface area contributed by atoms with Gasteiger partial charge >= 0.3 is 0 Å². The average molecular weight is 395 g/mol. The van der Waals surface area contributed by atoms with E-state index in [-0.39, 0.29) is 18.6 Å². The van der Waals surface area contributed by atoms with Crippen LogP contribution in [0, 0.1) is 17.6 Å². The van der Waals surface area contributed by atoms with Gasteiger partial charge in [-0.3, -0.25) is 4.79 Å². The van der Waals surface area contributed by atoms with E-state index in [4.69, 9.17) is 21.1 Å². The standard InChI is InChI=1S/C19H17ClF2N2O3/c20-14-5-12(6-17-18(14)27-10-26-17)19(25)23-8-11-3-4-24(9-11)13-1-2-15(21)16(22)7-13/h1-2,5-7,11H,3-4,8-10H2,(H,23,25). The maximum absolute atomic E-state index is 13.4. The number of rotatable bonds is 4. The van der Waals surface area contributed by atoms with Crippen LogP contribution in [0.3, 0.4) is 0 Å². The molecule has 0 saturated carbocycles. The van der Waals surface area contributed by atoms with E-state index in [1.807, 2.05) is 4.90 Å². The molecule has 1 unspecified atom stereocenters. The number of ether oxygens (including phenoxy) is 2. The predicted molar refractivity (Wildman–Crippen MR) is 96.6 cm³/mol. The molecule has 2 aliphatic heterocycles. The maximum Gasteiger partial charge on any atom is 0.251 e. The number of fused-ring (bicyclic) bond motifs is 1. The summed E-state index contributed by atoms with van der Waals surface area (Å²) in [6.07, 6.45) is 0.848. The fourth-order valence-corrected chi connectivity index (χ4v) is 3.62. The molecule has 1 atom stereocenters. The average Bonchev–Trinajstić information content (AvgIpc) is 3.31. The van der Waals surface area contributed by atoms with Crippen LogP contribution in [0.2, 0.25) is 5.02 Å². The lowest BCUT2D eigenvalue weighted by Crippen LogP contribution is -2.31. The third kappa shape index (κ3) is 3.64. The number of hydrogen-bond donors (Lipinski definition) is 1. The number of benzene rings is 2. The van der Waals surface area contributed by atoms with Gasteiger partial charge in [0.05, 0.1) is 5.02 Å². The van der Waals surface area contributed by atoms with Gasteiger partial charge in [0.15, 0.2) is 23.1 Å². The maximum atomic E-state index is 13.4. The van der Waals surface area contributed by atoms with Crippen molar-refractivity contribution in [2.45, 2.75) is 6.42 Å². The fourth-order valence-electron chi connectivity index (χ4n) is 3.35. The molecule has 27 heavy (non-hydrogen) atoms. The van der Waals surface area contributed by atoms with Crippen molar-refractivity contribution in [2.24, 2.45) is 5.92 Å². The molecule has 0 aromatic heterocycles. The fraction of sp³-hybridized carbons (Fsp3) is 0.316. The summed E-state index contributed by atoms with van der Waals surface area (Å²) in [6.45, 7) is 1.95. The van der Waals surface area contributed by atoms with Gasteiger partial charge in [-0.25, -0.2) is 8.78 Å². The van der Waals surface area contributed by atoms with E-state index in [1.165, 1.54) is 6.07 Å². The monoisotopic (exact) mass is 394 g/mol. The second-order valence-electron chi connectivity index (χ2n) is 6.60. The summed E-state index contributed by atoms with van der Waals surface area (Å²) in [7, 11) is 0. The number of nitrogens with zero attached hydrogens (tertiary/aromatic N) is 1. The Morgan fingerprint density at radius 1 is 1.22 bits per heavy atom. The number of hydrogen-bond acceptors (Lipinski definition) is 4. The van der Waals surface area contributed by atoms with Gasteiger partial charge in [0.2, 0.25) is 6.79 Å². The smallest absolute Gasteiger partial charge is 0.251 e. The Bertz CT molecular complexity index is 893. The molecular formula is C19H17ClF2N2O3. The van der Waals surface area contributed by atoms with Gasteiger partial charge in [0.1, 0.15) is 0 Å². The molecule has 0 bridgehead atoms. The van der Waals surface area contributed by atoms with Gasteiger partial charge in [-0.05, 0) is 36.6 Å². The van der Waals surface area contributed by atoms with Crippen LogP contribution in [0.15, 0.2) is 30.3 Å². The van der Waals surface area contributed by atoms with Crippen molar-refractivity contribution in [3.05, 3.63) is 52.6 Å². The molecule has 1 N–H and O–H groups in total. The third-order valence-corrected chi connectivity index (χ3v) is 5.08. The highest BCUT2D eigenvalue weighted by Gasteiger charge is 2.25. The Morgan fingerprint density at radius 2 is 2.07 bits per heavy atom. The summed E-state index contributed by atoms with van der Waals surface area (Å²) < 4.78 is 37.0. The summed E-state index contributed by atoms with van der Waals surface area (Å²) in [6, 6.07) is 7.04. The van der Waals surface area contributed by atoms with Crippen molar-refractivity contribution in [3.63, 3.8) is 0 Å². The number of amides is 1. The predicted octanol–water partition coefficient (Wildman–Crippen LogP) is 3.60. The molecule has 1 saturated heterocycles. The number of nitrogens with one attached hydrogen (secondary N) is 1. The molecule has 2 aliphatic rings. The molecule has 8 heteroatoms. The minimum atomic E-state index is -0.857. The first-order valence-corrected chi connectivity index (χ1v) is 8.96. The van der Waals surface area contributed by atoms with Crippen LogP contribution in [-0.2, 0) is 0 Å². The second kappa shape index (κ2) is 7.23. The molecule has 2 aromatic carbocycles. The van der Waals surface area contributed by atoms with E-state index >= 15 is 0 Å². The Balaban J connectivity index is 1.35. The summed E-state index contributed by atoms with van der Waals surface area (Å²) in [5, 5.41) is 3.23. The first-order chi connectivity index (χ1) is 13.0.